The Morgan fingerprint density at radius 2 is 1.78 bits per heavy atom. The van der Waals surface area contributed by atoms with Gasteiger partial charge in [0, 0.05) is 18.2 Å². The van der Waals surface area contributed by atoms with Crippen LogP contribution in [0.2, 0.25) is 0 Å². The molecule has 0 spiro atoms. The van der Waals surface area contributed by atoms with Gasteiger partial charge in [-0.3, -0.25) is 19.5 Å². The molecule has 27 heavy (non-hydrogen) atoms. The maximum atomic E-state index is 12.9. The van der Waals surface area contributed by atoms with Crippen LogP contribution < -0.4 is 16.0 Å². The summed E-state index contributed by atoms with van der Waals surface area (Å²) in [7, 11) is 0. The van der Waals surface area contributed by atoms with Gasteiger partial charge in [-0.1, -0.05) is 30.3 Å². The summed E-state index contributed by atoms with van der Waals surface area (Å²) in [4.78, 5) is 39.5. The van der Waals surface area contributed by atoms with Gasteiger partial charge in [0.05, 0.1) is 17.3 Å². The number of carbonyl (C=O) groups is 1. The number of anilines is 1. The molecule has 1 aromatic heterocycles. The van der Waals surface area contributed by atoms with Crippen molar-refractivity contribution in [1.29, 1.82) is 0 Å². The predicted octanol–water partition coefficient (Wildman–Crippen LogP) is 2.45. The Morgan fingerprint density at radius 1 is 1.07 bits per heavy atom. The summed E-state index contributed by atoms with van der Waals surface area (Å²) in [5.41, 5.74) is 1.50. The van der Waals surface area contributed by atoms with E-state index in [1.165, 1.54) is 10.2 Å². The van der Waals surface area contributed by atoms with E-state index in [2.05, 4.69) is 5.10 Å². The van der Waals surface area contributed by atoms with Gasteiger partial charge >= 0.3 is 0 Å². The maximum absolute atomic E-state index is 12.9. The standard InChI is InChI=1S/C21H21N3O3/c1-14-10-11-15-6-2-5-9-18(15)24(14)19(25)12-13-23-21(27)17-8-4-3-7-16(17)20(26)22-23/h2-9,14H,10-13H2,1H3,(H,22,26). The summed E-state index contributed by atoms with van der Waals surface area (Å²) in [6.07, 6.45) is 2.01. The normalized spacial score (nSPS) is 16.3. The molecular formula is C21H21N3O3. The molecule has 1 aliphatic heterocycles. The van der Waals surface area contributed by atoms with Crippen LogP contribution in [0.4, 0.5) is 5.69 Å². The van der Waals surface area contributed by atoms with Gasteiger partial charge in [-0.15, -0.1) is 0 Å². The lowest BCUT2D eigenvalue weighted by atomic mass is 9.96. The molecule has 0 aliphatic carbocycles. The molecule has 0 bridgehead atoms. The Hall–Kier alpha value is -3.15. The molecule has 0 radical (unpaired) electrons. The molecule has 2 heterocycles. The molecule has 3 aromatic rings. The minimum atomic E-state index is -0.325. The van der Waals surface area contributed by atoms with E-state index >= 15 is 0 Å². The zero-order valence-corrected chi connectivity index (χ0v) is 15.1. The Bertz CT molecular complexity index is 1130. The van der Waals surface area contributed by atoms with Gasteiger partial charge in [0.25, 0.3) is 11.1 Å². The SMILES string of the molecule is CC1CCc2ccccc2N1C(=O)CCn1[nH]c(=O)c2ccccc2c1=O. The summed E-state index contributed by atoms with van der Waals surface area (Å²) < 4.78 is 1.24. The molecule has 6 nitrogen and oxygen atoms in total. The van der Waals surface area contributed by atoms with Gasteiger partial charge in [0.1, 0.15) is 0 Å². The third-order valence-corrected chi connectivity index (χ3v) is 5.23. The van der Waals surface area contributed by atoms with Crippen molar-refractivity contribution < 1.29 is 4.79 Å². The number of fused-ring (bicyclic) bond motifs is 2. The molecule has 138 valence electrons. The smallest absolute Gasteiger partial charge is 0.273 e. The Labute approximate surface area is 156 Å². The van der Waals surface area contributed by atoms with Crippen LogP contribution in [0.3, 0.4) is 0 Å². The van der Waals surface area contributed by atoms with Crippen molar-refractivity contribution in [2.45, 2.75) is 38.8 Å². The van der Waals surface area contributed by atoms with Crippen molar-refractivity contribution in [1.82, 2.24) is 9.78 Å². The minimum absolute atomic E-state index is 0.0458. The van der Waals surface area contributed by atoms with Crippen LogP contribution in [0.15, 0.2) is 58.1 Å². The number of hydrogen-bond donors (Lipinski definition) is 1. The first-order valence-corrected chi connectivity index (χ1v) is 9.18. The molecule has 0 saturated heterocycles. The third-order valence-electron chi connectivity index (χ3n) is 5.23. The average molecular weight is 363 g/mol. The molecule has 1 aliphatic rings. The number of aromatic nitrogens is 2. The molecule has 2 aromatic carbocycles. The zero-order chi connectivity index (χ0) is 19.0. The average Bonchev–Trinajstić information content (AvgIpc) is 2.69. The highest BCUT2D eigenvalue weighted by Gasteiger charge is 2.27. The highest BCUT2D eigenvalue weighted by atomic mass is 16.2. The number of carbonyl (C=O) groups excluding carboxylic acids is 1. The van der Waals surface area contributed by atoms with Gasteiger partial charge in [-0.25, -0.2) is 4.68 Å². The summed E-state index contributed by atoms with van der Waals surface area (Å²) in [5.74, 6) is -0.0458. The van der Waals surface area contributed by atoms with Crippen molar-refractivity contribution in [3.05, 3.63) is 74.8 Å². The molecule has 4 rings (SSSR count). The molecule has 6 heteroatoms. The van der Waals surface area contributed by atoms with Crippen LogP contribution in [-0.2, 0) is 17.8 Å². The first-order chi connectivity index (χ1) is 13.1. The lowest BCUT2D eigenvalue weighted by molar-refractivity contribution is -0.119. The highest BCUT2D eigenvalue weighted by Crippen LogP contribution is 2.30. The second-order valence-electron chi connectivity index (χ2n) is 6.97. The quantitative estimate of drug-likeness (QED) is 0.777. The summed E-state index contributed by atoms with van der Waals surface area (Å²) >= 11 is 0. The number of hydrogen-bond acceptors (Lipinski definition) is 3. The summed E-state index contributed by atoms with van der Waals surface area (Å²) in [6, 6.07) is 14.7. The van der Waals surface area contributed by atoms with Gasteiger partial charge in [-0.2, -0.15) is 0 Å². The monoisotopic (exact) mass is 363 g/mol. The van der Waals surface area contributed by atoms with E-state index in [0.717, 1.165) is 18.5 Å². The van der Waals surface area contributed by atoms with Gasteiger partial charge < -0.3 is 4.90 Å². The van der Waals surface area contributed by atoms with Gasteiger partial charge in [0.15, 0.2) is 0 Å². The van der Waals surface area contributed by atoms with Crippen LogP contribution in [0, 0.1) is 0 Å². The Morgan fingerprint density at radius 3 is 2.59 bits per heavy atom. The first-order valence-electron chi connectivity index (χ1n) is 9.18. The van der Waals surface area contributed by atoms with E-state index in [9.17, 15) is 14.4 Å². The van der Waals surface area contributed by atoms with Crippen molar-refractivity contribution in [3.63, 3.8) is 0 Å². The van der Waals surface area contributed by atoms with Gasteiger partial charge in [0.2, 0.25) is 5.91 Å². The largest absolute Gasteiger partial charge is 0.309 e. The Balaban J connectivity index is 1.60. The fourth-order valence-electron chi connectivity index (χ4n) is 3.80. The van der Waals surface area contributed by atoms with E-state index in [4.69, 9.17) is 0 Å². The molecule has 1 atom stereocenters. The fourth-order valence-corrected chi connectivity index (χ4v) is 3.80. The van der Waals surface area contributed by atoms with Gasteiger partial charge in [-0.05, 0) is 43.5 Å². The number of nitrogens with zero attached hydrogens (tertiary/aromatic N) is 2. The van der Waals surface area contributed by atoms with E-state index in [0.29, 0.717) is 10.8 Å². The third kappa shape index (κ3) is 3.07. The number of aromatic amines is 1. The number of rotatable bonds is 3. The molecule has 1 amide bonds. The molecule has 0 fully saturated rings. The Kier molecular flexibility index (Phi) is 4.39. The zero-order valence-electron chi connectivity index (χ0n) is 15.1. The number of benzene rings is 2. The lowest BCUT2D eigenvalue weighted by Crippen LogP contribution is -2.43. The predicted molar refractivity (Wildman–Crippen MR) is 105 cm³/mol. The number of amides is 1. The number of aryl methyl sites for hydroxylation is 2. The number of H-pyrrole nitrogens is 1. The first kappa shape index (κ1) is 17.3. The van der Waals surface area contributed by atoms with Crippen LogP contribution in [0.25, 0.3) is 10.8 Å². The van der Waals surface area contributed by atoms with Crippen LogP contribution in [-0.4, -0.2) is 21.7 Å². The molecule has 1 unspecified atom stereocenters. The van der Waals surface area contributed by atoms with Crippen LogP contribution in [0.1, 0.15) is 25.3 Å². The highest BCUT2D eigenvalue weighted by molar-refractivity contribution is 5.95. The van der Waals surface area contributed by atoms with E-state index in [-0.39, 0.29) is 36.0 Å². The fraction of sp³-hybridized carbons (Fsp3) is 0.286. The molecular weight excluding hydrogens is 342 g/mol. The summed E-state index contributed by atoms with van der Waals surface area (Å²) in [6.45, 7) is 2.18. The van der Waals surface area contributed by atoms with Crippen LogP contribution >= 0.6 is 0 Å². The summed E-state index contributed by atoms with van der Waals surface area (Å²) in [5, 5.41) is 3.32. The van der Waals surface area contributed by atoms with Crippen molar-refractivity contribution in [2.75, 3.05) is 4.90 Å². The van der Waals surface area contributed by atoms with Crippen molar-refractivity contribution in [3.8, 4) is 0 Å². The van der Waals surface area contributed by atoms with E-state index < -0.39 is 0 Å². The second kappa shape index (κ2) is 6.87. The second-order valence-corrected chi connectivity index (χ2v) is 6.97. The molecule has 0 saturated carbocycles. The van der Waals surface area contributed by atoms with E-state index in [1.54, 1.807) is 24.3 Å². The number of nitrogens with one attached hydrogen (secondary N) is 1. The van der Waals surface area contributed by atoms with E-state index in [1.807, 2.05) is 36.1 Å². The number of para-hydroxylation sites is 1. The van der Waals surface area contributed by atoms with Crippen molar-refractivity contribution in [2.24, 2.45) is 0 Å². The topological polar surface area (TPSA) is 75.2 Å². The minimum Gasteiger partial charge on any atom is -0.309 e. The van der Waals surface area contributed by atoms with Crippen molar-refractivity contribution >= 4 is 22.4 Å². The molecule has 1 N–H and O–H groups in total. The maximum Gasteiger partial charge on any atom is 0.273 e. The van der Waals surface area contributed by atoms with Crippen LogP contribution in [0.5, 0.6) is 0 Å². The lowest BCUT2D eigenvalue weighted by Gasteiger charge is -2.35.